The van der Waals surface area contributed by atoms with Crippen molar-refractivity contribution in [3.63, 3.8) is 0 Å². The van der Waals surface area contributed by atoms with Gasteiger partial charge >= 0.3 is 23.9 Å². The summed E-state index contributed by atoms with van der Waals surface area (Å²) in [7, 11) is 0. The molecule has 4 rings (SSSR count). The van der Waals surface area contributed by atoms with Crippen molar-refractivity contribution in [1.82, 2.24) is 9.97 Å². The number of aromatic nitrogens is 2. The molecule has 2 aromatic heterocycles. The SMILES string of the molecule is N[C@@H](C[C@@](O)(Cc1c[nH]c2ccccc12)C(=O)O)C(=O)O.N[C@@H](C[C@@](O)(Cc1c[nH]c2ccccc12)C(=O)O)C(=O)O. The van der Waals surface area contributed by atoms with Crippen LogP contribution in [0.5, 0.6) is 0 Å². The highest BCUT2D eigenvalue weighted by molar-refractivity contribution is 5.87. The molecule has 42 heavy (non-hydrogen) atoms. The van der Waals surface area contributed by atoms with E-state index < -0.39 is 60.0 Å². The smallest absolute Gasteiger partial charge is 0.336 e. The zero-order valence-electron chi connectivity index (χ0n) is 22.2. The second-order valence-corrected chi connectivity index (χ2v) is 10.0. The molecule has 12 N–H and O–H groups in total. The largest absolute Gasteiger partial charge is 0.480 e. The fraction of sp³-hybridized carbons (Fsp3) is 0.286. The van der Waals surface area contributed by atoms with Gasteiger partial charge in [0, 0.05) is 59.9 Å². The predicted molar refractivity (Wildman–Crippen MR) is 150 cm³/mol. The van der Waals surface area contributed by atoms with E-state index in [4.69, 9.17) is 21.7 Å². The van der Waals surface area contributed by atoms with Crippen LogP contribution in [0.3, 0.4) is 0 Å². The Kier molecular flexibility index (Phi) is 9.70. The van der Waals surface area contributed by atoms with E-state index >= 15 is 0 Å². The molecule has 0 aliphatic heterocycles. The number of hydrogen-bond donors (Lipinski definition) is 10. The number of aliphatic carboxylic acids is 4. The van der Waals surface area contributed by atoms with Crippen LogP contribution in [0.4, 0.5) is 0 Å². The van der Waals surface area contributed by atoms with Crippen molar-refractivity contribution in [3.05, 3.63) is 72.1 Å². The van der Waals surface area contributed by atoms with E-state index in [-0.39, 0.29) is 12.8 Å². The quantitative estimate of drug-likeness (QED) is 0.110. The number of hydrogen-bond acceptors (Lipinski definition) is 8. The average Bonchev–Trinajstić information content (AvgIpc) is 3.52. The van der Waals surface area contributed by atoms with Crippen molar-refractivity contribution in [2.24, 2.45) is 11.5 Å². The molecule has 0 saturated heterocycles. The van der Waals surface area contributed by atoms with E-state index in [9.17, 15) is 39.6 Å². The lowest BCUT2D eigenvalue weighted by Crippen LogP contribution is -2.48. The Morgan fingerprint density at radius 1 is 0.643 bits per heavy atom. The first-order chi connectivity index (χ1) is 19.7. The zero-order chi connectivity index (χ0) is 31.2. The molecule has 0 bridgehead atoms. The van der Waals surface area contributed by atoms with Crippen LogP contribution in [-0.2, 0) is 32.0 Å². The lowest BCUT2D eigenvalue weighted by Gasteiger charge is -2.24. The third kappa shape index (κ3) is 7.30. The lowest BCUT2D eigenvalue weighted by molar-refractivity contribution is -0.161. The Bertz CT molecular complexity index is 1480. The third-order valence-electron chi connectivity index (χ3n) is 6.86. The molecule has 0 spiro atoms. The van der Waals surface area contributed by atoms with E-state index in [0.29, 0.717) is 11.1 Å². The van der Waals surface area contributed by atoms with Gasteiger partial charge in [-0.25, -0.2) is 9.59 Å². The minimum absolute atomic E-state index is 0.229. The standard InChI is InChI=1S/2C14H16N2O5/c2*15-10(12(17)18)6-14(21,13(19)20)5-8-7-16-11-4-2-1-3-9(8)11/h2*1-4,7,10,16,21H,5-6,15H2,(H,17,18)(H,19,20)/t2*10-,14-/m00/s1. The van der Waals surface area contributed by atoms with Gasteiger partial charge in [0.25, 0.3) is 0 Å². The van der Waals surface area contributed by atoms with Gasteiger partial charge in [-0.3, -0.25) is 9.59 Å². The van der Waals surface area contributed by atoms with E-state index in [1.165, 1.54) is 0 Å². The molecule has 0 fully saturated rings. The Labute approximate surface area is 238 Å². The number of benzene rings is 2. The number of fused-ring (bicyclic) bond motifs is 2. The number of carbonyl (C=O) groups is 4. The maximum absolute atomic E-state index is 11.3. The van der Waals surface area contributed by atoms with Crippen molar-refractivity contribution in [3.8, 4) is 0 Å². The molecular weight excluding hydrogens is 552 g/mol. The molecule has 2 heterocycles. The van der Waals surface area contributed by atoms with Crippen LogP contribution in [0, 0.1) is 0 Å². The maximum Gasteiger partial charge on any atom is 0.336 e. The lowest BCUT2D eigenvalue weighted by atomic mass is 9.88. The van der Waals surface area contributed by atoms with Crippen LogP contribution in [0.15, 0.2) is 60.9 Å². The summed E-state index contributed by atoms with van der Waals surface area (Å²) < 4.78 is 0. The average molecular weight is 585 g/mol. The van der Waals surface area contributed by atoms with Gasteiger partial charge in [-0.15, -0.1) is 0 Å². The number of aliphatic hydroxyl groups is 2. The van der Waals surface area contributed by atoms with Gasteiger partial charge < -0.3 is 52.1 Å². The summed E-state index contributed by atoms with van der Waals surface area (Å²) in [5.41, 5.74) is 9.03. The van der Waals surface area contributed by atoms with E-state index in [2.05, 4.69) is 9.97 Å². The Morgan fingerprint density at radius 3 is 1.29 bits per heavy atom. The fourth-order valence-corrected chi connectivity index (χ4v) is 4.56. The van der Waals surface area contributed by atoms with Gasteiger partial charge in [-0.2, -0.15) is 0 Å². The van der Waals surface area contributed by atoms with Gasteiger partial charge in [0.05, 0.1) is 0 Å². The number of carboxylic acids is 4. The fourth-order valence-electron chi connectivity index (χ4n) is 4.56. The van der Waals surface area contributed by atoms with Crippen LogP contribution in [0.1, 0.15) is 24.0 Å². The monoisotopic (exact) mass is 584 g/mol. The summed E-state index contributed by atoms with van der Waals surface area (Å²) in [5.74, 6) is -5.70. The summed E-state index contributed by atoms with van der Waals surface area (Å²) in [4.78, 5) is 50.2. The molecule has 14 nitrogen and oxygen atoms in total. The van der Waals surface area contributed by atoms with Crippen molar-refractivity contribution in [1.29, 1.82) is 0 Å². The molecule has 0 saturated carbocycles. The summed E-state index contributed by atoms with van der Waals surface area (Å²) in [6.07, 6.45) is 1.60. The Morgan fingerprint density at radius 2 is 0.976 bits per heavy atom. The molecule has 0 radical (unpaired) electrons. The highest BCUT2D eigenvalue weighted by atomic mass is 16.4. The van der Waals surface area contributed by atoms with Gasteiger partial charge in [-0.05, 0) is 23.3 Å². The van der Waals surface area contributed by atoms with Crippen molar-refractivity contribution < 1.29 is 49.8 Å². The van der Waals surface area contributed by atoms with E-state index in [1.807, 2.05) is 24.3 Å². The van der Waals surface area contributed by atoms with Crippen molar-refractivity contribution in [2.75, 3.05) is 0 Å². The number of H-pyrrole nitrogens is 2. The molecule has 0 aliphatic rings. The Balaban J connectivity index is 0.000000230. The summed E-state index contributed by atoms with van der Waals surface area (Å²) in [6, 6.07) is 11.6. The molecule has 2 aromatic carbocycles. The number of nitrogens with two attached hydrogens (primary N) is 2. The number of aromatic amines is 2. The van der Waals surface area contributed by atoms with Crippen LogP contribution in [0.25, 0.3) is 21.8 Å². The predicted octanol–water partition coefficient (Wildman–Crippen LogP) is 0.656. The van der Waals surface area contributed by atoms with Crippen molar-refractivity contribution >= 4 is 45.7 Å². The minimum atomic E-state index is -2.23. The van der Waals surface area contributed by atoms with Gasteiger partial charge in [-0.1, -0.05) is 36.4 Å². The second-order valence-electron chi connectivity index (χ2n) is 10.0. The van der Waals surface area contributed by atoms with Gasteiger partial charge in [0.15, 0.2) is 11.2 Å². The minimum Gasteiger partial charge on any atom is -0.480 e. The highest BCUT2D eigenvalue weighted by Crippen LogP contribution is 2.27. The molecule has 4 aromatic rings. The number of para-hydroxylation sites is 2. The summed E-state index contributed by atoms with van der Waals surface area (Å²) >= 11 is 0. The topological polar surface area (TPSA) is 273 Å². The highest BCUT2D eigenvalue weighted by Gasteiger charge is 2.41. The molecular formula is C28H32N4O10. The zero-order valence-corrected chi connectivity index (χ0v) is 22.2. The van der Waals surface area contributed by atoms with Crippen LogP contribution >= 0.6 is 0 Å². The third-order valence-corrected chi connectivity index (χ3v) is 6.86. The molecule has 0 amide bonds. The molecule has 4 atom stereocenters. The molecule has 224 valence electrons. The second kappa shape index (κ2) is 12.8. The molecule has 14 heteroatoms. The molecule has 0 aliphatic carbocycles. The van der Waals surface area contributed by atoms with Crippen LogP contribution in [-0.4, -0.2) is 87.8 Å². The summed E-state index contributed by atoms with van der Waals surface area (Å²) in [5, 5.41) is 58.2. The number of nitrogens with one attached hydrogen (secondary N) is 2. The van der Waals surface area contributed by atoms with Gasteiger partial charge in [0.1, 0.15) is 12.1 Å². The van der Waals surface area contributed by atoms with Gasteiger partial charge in [0.2, 0.25) is 0 Å². The first-order valence-corrected chi connectivity index (χ1v) is 12.6. The maximum atomic E-state index is 11.3. The van der Waals surface area contributed by atoms with E-state index in [0.717, 1.165) is 21.8 Å². The number of carboxylic acid groups (broad SMARTS) is 4. The van der Waals surface area contributed by atoms with Crippen molar-refractivity contribution in [2.45, 2.75) is 49.0 Å². The normalized spacial score (nSPS) is 15.5. The summed E-state index contributed by atoms with van der Waals surface area (Å²) in [6.45, 7) is 0. The first kappa shape index (κ1) is 31.8. The first-order valence-electron chi connectivity index (χ1n) is 12.6. The molecule has 0 unspecified atom stereocenters. The van der Waals surface area contributed by atoms with Crippen LogP contribution < -0.4 is 11.5 Å². The Hall–Kier alpha value is -4.76. The van der Waals surface area contributed by atoms with E-state index in [1.54, 1.807) is 36.7 Å². The number of rotatable bonds is 12. The van der Waals surface area contributed by atoms with Crippen LogP contribution in [0.2, 0.25) is 0 Å².